The number of hydrogen-bond donors (Lipinski definition) is 4. The van der Waals surface area contributed by atoms with Gasteiger partial charge in [0, 0.05) is 0 Å². The number of Topliss-reactive ketones (excluding diaryl/α,β-unsaturated/α-hetero) is 1. The molecule has 0 aliphatic rings. The molecule has 0 radical (unpaired) electrons. The van der Waals surface area contributed by atoms with Crippen LogP contribution >= 0.6 is 0 Å². The molecule has 0 aromatic rings. The third-order valence-electron chi connectivity index (χ3n) is 0.686. The standard InChI is InChI=1S/C4H4O5.C2H4O3/c5-2(4(8)9)1-3(6)7;3-1-2(4)5/h1H2,(H,6,7)(H,8,9);3H,1H2,(H,4,5). The summed E-state index contributed by atoms with van der Waals surface area (Å²) in [4.78, 5) is 38.3. The van der Waals surface area contributed by atoms with Crippen LogP contribution in [0.15, 0.2) is 0 Å². The van der Waals surface area contributed by atoms with Crippen molar-refractivity contribution in [2.45, 2.75) is 6.42 Å². The minimum Gasteiger partial charge on any atom is -0.481 e. The summed E-state index contributed by atoms with van der Waals surface area (Å²) in [6, 6.07) is 0. The number of carbonyl (C=O) groups is 4. The van der Waals surface area contributed by atoms with E-state index in [1.165, 1.54) is 0 Å². The van der Waals surface area contributed by atoms with E-state index in [1.807, 2.05) is 0 Å². The van der Waals surface area contributed by atoms with Crippen molar-refractivity contribution in [1.82, 2.24) is 0 Å². The Kier molecular flexibility index (Phi) is 7.98. The maximum Gasteiger partial charge on any atom is 0.372 e. The van der Waals surface area contributed by atoms with Crippen LogP contribution in [0.2, 0.25) is 0 Å². The zero-order valence-electron chi connectivity index (χ0n) is 6.84. The van der Waals surface area contributed by atoms with E-state index in [2.05, 4.69) is 0 Å². The highest BCUT2D eigenvalue weighted by atomic mass is 16.4. The summed E-state index contributed by atoms with van der Waals surface area (Å²) < 4.78 is 0. The van der Waals surface area contributed by atoms with Gasteiger partial charge in [0.25, 0.3) is 5.78 Å². The van der Waals surface area contributed by atoms with E-state index in [0.717, 1.165) is 0 Å². The molecule has 80 valence electrons. The van der Waals surface area contributed by atoms with Gasteiger partial charge in [-0.05, 0) is 0 Å². The maximum absolute atomic E-state index is 9.97. The van der Waals surface area contributed by atoms with Gasteiger partial charge in [-0.3, -0.25) is 9.59 Å². The monoisotopic (exact) mass is 208 g/mol. The van der Waals surface area contributed by atoms with Crippen LogP contribution in [0, 0.1) is 0 Å². The Hall–Kier alpha value is -1.96. The van der Waals surface area contributed by atoms with E-state index in [1.54, 1.807) is 0 Å². The molecule has 0 spiro atoms. The first-order valence-electron chi connectivity index (χ1n) is 3.11. The van der Waals surface area contributed by atoms with Gasteiger partial charge in [0.15, 0.2) is 0 Å². The lowest BCUT2D eigenvalue weighted by Crippen LogP contribution is -2.16. The summed E-state index contributed by atoms with van der Waals surface area (Å²) in [6.45, 7) is -0.778. The number of aliphatic hydroxyl groups is 1. The molecule has 8 heteroatoms. The van der Waals surface area contributed by atoms with Crippen LogP contribution in [0.5, 0.6) is 0 Å². The second kappa shape index (κ2) is 7.68. The molecule has 0 saturated carbocycles. The molecule has 0 heterocycles. The zero-order valence-corrected chi connectivity index (χ0v) is 6.84. The van der Waals surface area contributed by atoms with Crippen molar-refractivity contribution in [2.75, 3.05) is 6.61 Å². The number of hydrogen-bond acceptors (Lipinski definition) is 5. The van der Waals surface area contributed by atoms with Crippen LogP contribution in [0.1, 0.15) is 6.42 Å². The second-order valence-electron chi connectivity index (χ2n) is 1.85. The van der Waals surface area contributed by atoms with Crippen LogP contribution < -0.4 is 0 Å². The molecule has 0 atom stereocenters. The molecule has 4 N–H and O–H groups in total. The molecule has 0 bridgehead atoms. The number of carbonyl (C=O) groups excluding carboxylic acids is 1. The SMILES string of the molecule is O=C(O)CC(=O)C(=O)O.O=C(O)CO. The summed E-state index contributed by atoms with van der Waals surface area (Å²) in [7, 11) is 0. The highest BCUT2D eigenvalue weighted by molar-refractivity contribution is 6.35. The van der Waals surface area contributed by atoms with E-state index in [0.29, 0.717) is 0 Å². The van der Waals surface area contributed by atoms with Crippen molar-refractivity contribution in [3.63, 3.8) is 0 Å². The van der Waals surface area contributed by atoms with E-state index in [9.17, 15) is 14.4 Å². The minimum absolute atomic E-state index is 0.778. The summed E-state index contributed by atoms with van der Waals surface area (Å²) in [5, 5.41) is 30.7. The highest BCUT2D eigenvalue weighted by Gasteiger charge is 2.14. The highest BCUT2D eigenvalue weighted by Crippen LogP contribution is 1.81. The average Bonchev–Trinajstić information content (AvgIpc) is 2.04. The Morgan fingerprint density at radius 2 is 1.21 bits per heavy atom. The molecule has 0 aliphatic carbocycles. The first kappa shape index (κ1) is 14.6. The largest absolute Gasteiger partial charge is 0.481 e. The van der Waals surface area contributed by atoms with Gasteiger partial charge >= 0.3 is 17.9 Å². The number of aliphatic hydroxyl groups excluding tert-OH is 1. The molecular weight excluding hydrogens is 200 g/mol. The second-order valence-corrected chi connectivity index (χ2v) is 1.85. The lowest BCUT2D eigenvalue weighted by Gasteiger charge is -1.85. The summed E-state index contributed by atoms with van der Waals surface area (Å²) >= 11 is 0. The van der Waals surface area contributed by atoms with Gasteiger partial charge in [-0.25, -0.2) is 9.59 Å². The Morgan fingerprint density at radius 3 is 1.29 bits per heavy atom. The van der Waals surface area contributed by atoms with Crippen molar-refractivity contribution < 1.29 is 39.6 Å². The van der Waals surface area contributed by atoms with E-state index in [4.69, 9.17) is 25.2 Å². The lowest BCUT2D eigenvalue weighted by atomic mass is 10.3. The predicted octanol–water partition coefficient (Wildman–Crippen LogP) is -1.82. The number of carboxylic acids is 3. The van der Waals surface area contributed by atoms with Gasteiger partial charge in [0.05, 0.1) is 0 Å². The minimum atomic E-state index is -1.71. The van der Waals surface area contributed by atoms with Gasteiger partial charge < -0.3 is 20.4 Å². The molecule has 0 saturated heterocycles. The molecule has 0 amide bonds. The van der Waals surface area contributed by atoms with Crippen molar-refractivity contribution >= 4 is 23.7 Å². The van der Waals surface area contributed by atoms with Gasteiger partial charge in [0.2, 0.25) is 0 Å². The van der Waals surface area contributed by atoms with Crippen molar-refractivity contribution in [3.8, 4) is 0 Å². The fourth-order valence-corrected chi connectivity index (χ4v) is 0.213. The van der Waals surface area contributed by atoms with Gasteiger partial charge in [-0.15, -0.1) is 0 Å². The van der Waals surface area contributed by atoms with Crippen LogP contribution in [0.3, 0.4) is 0 Å². The number of carboxylic acid groups (broad SMARTS) is 3. The first-order valence-corrected chi connectivity index (χ1v) is 3.11. The fraction of sp³-hybridized carbons (Fsp3) is 0.333. The Balaban J connectivity index is 0. The molecule has 0 rings (SSSR count). The van der Waals surface area contributed by atoms with Crippen LogP contribution in [-0.2, 0) is 19.2 Å². The van der Waals surface area contributed by atoms with E-state index >= 15 is 0 Å². The summed E-state index contributed by atoms with van der Waals surface area (Å²) in [6.07, 6.45) is -0.949. The van der Waals surface area contributed by atoms with E-state index in [-0.39, 0.29) is 0 Å². The zero-order chi connectivity index (χ0) is 11.7. The molecular formula is C6H8O8. The van der Waals surface area contributed by atoms with Crippen LogP contribution in [-0.4, -0.2) is 50.7 Å². The third kappa shape index (κ3) is 12.7. The molecule has 0 aliphatic heterocycles. The molecule has 0 aromatic carbocycles. The summed E-state index contributed by atoms with van der Waals surface area (Å²) in [5.41, 5.74) is 0. The number of aliphatic carboxylic acids is 3. The third-order valence-corrected chi connectivity index (χ3v) is 0.686. The first-order chi connectivity index (χ1) is 6.31. The van der Waals surface area contributed by atoms with Crippen molar-refractivity contribution in [1.29, 1.82) is 0 Å². The molecule has 14 heavy (non-hydrogen) atoms. The van der Waals surface area contributed by atoms with Gasteiger partial charge in [-0.1, -0.05) is 0 Å². The smallest absolute Gasteiger partial charge is 0.372 e. The molecule has 0 aromatic heterocycles. The Labute approximate surface area is 77.4 Å². The van der Waals surface area contributed by atoms with Crippen molar-refractivity contribution in [2.24, 2.45) is 0 Å². The lowest BCUT2D eigenvalue weighted by molar-refractivity contribution is -0.152. The molecule has 8 nitrogen and oxygen atoms in total. The maximum atomic E-state index is 9.97. The predicted molar refractivity (Wildman–Crippen MR) is 39.6 cm³/mol. The van der Waals surface area contributed by atoms with Gasteiger partial charge in [0.1, 0.15) is 13.0 Å². The van der Waals surface area contributed by atoms with E-state index < -0.39 is 36.7 Å². The number of ketones is 1. The number of rotatable bonds is 4. The molecule has 0 unspecified atom stereocenters. The Bertz CT molecular complexity index is 242. The normalized spacial score (nSPS) is 8.07. The quantitative estimate of drug-likeness (QED) is 0.311. The Morgan fingerprint density at radius 1 is 0.857 bits per heavy atom. The molecule has 0 fully saturated rings. The fourth-order valence-electron chi connectivity index (χ4n) is 0.213. The van der Waals surface area contributed by atoms with Crippen molar-refractivity contribution in [3.05, 3.63) is 0 Å². The summed E-state index contributed by atoms with van der Waals surface area (Å²) in [5.74, 6) is -5.63. The average molecular weight is 208 g/mol. The van der Waals surface area contributed by atoms with Crippen LogP contribution in [0.25, 0.3) is 0 Å². The topological polar surface area (TPSA) is 149 Å². The van der Waals surface area contributed by atoms with Crippen LogP contribution in [0.4, 0.5) is 0 Å². The van der Waals surface area contributed by atoms with Gasteiger partial charge in [-0.2, -0.15) is 0 Å².